The summed E-state index contributed by atoms with van der Waals surface area (Å²) in [5.74, 6) is 0. The van der Waals surface area contributed by atoms with Gasteiger partial charge in [0, 0.05) is 13.2 Å². The zero-order chi connectivity index (χ0) is 8.91. The van der Waals surface area contributed by atoms with Crippen LogP contribution in [-0.4, -0.2) is 29.2 Å². The van der Waals surface area contributed by atoms with Gasteiger partial charge < -0.3 is 9.74 Å². The van der Waals surface area contributed by atoms with Gasteiger partial charge in [-0.1, -0.05) is 20.8 Å². The minimum Gasteiger partial charge on any atom is -0.415 e. The summed E-state index contributed by atoms with van der Waals surface area (Å²) in [7, 11) is 1.33. The molecule has 67 valence electrons. The number of hydrogen-bond donors (Lipinski definition) is 1. The van der Waals surface area contributed by atoms with E-state index in [1.807, 2.05) is 7.05 Å². The first-order valence-corrected chi connectivity index (χ1v) is 6.00. The van der Waals surface area contributed by atoms with Crippen LogP contribution >= 0.6 is 0 Å². The molecule has 0 aromatic carbocycles. The van der Waals surface area contributed by atoms with Crippen LogP contribution in [0.4, 0.5) is 0 Å². The van der Waals surface area contributed by atoms with Crippen molar-refractivity contribution in [3.63, 3.8) is 0 Å². The first kappa shape index (κ1) is 11.1. The molecule has 0 aliphatic carbocycles. The summed E-state index contributed by atoms with van der Waals surface area (Å²) < 4.78 is 5.69. The second-order valence-electron chi connectivity index (χ2n) is 3.76. The van der Waals surface area contributed by atoms with Crippen molar-refractivity contribution in [1.29, 1.82) is 0 Å². The largest absolute Gasteiger partial charge is 0.415 e. The monoisotopic (exact) mass is 174 g/mol. The van der Waals surface area contributed by atoms with Gasteiger partial charge >= 0.3 is 0 Å². The Morgan fingerprint density at radius 3 is 2.27 bits per heavy atom. The predicted octanol–water partition coefficient (Wildman–Crippen LogP) is 1.64. The third kappa shape index (κ3) is 5.41. The molecule has 0 bridgehead atoms. The van der Waals surface area contributed by atoms with Crippen LogP contribution in [0.25, 0.3) is 0 Å². The molecule has 0 rings (SSSR count). The minimum atomic E-state index is -0.618. The first-order valence-electron chi connectivity index (χ1n) is 4.10. The van der Waals surface area contributed by atoms with E-state index in [-0.39, 0.29) is 0 Å². The van der Waals surface area contributed by atoms with E-state index in [0.717, 1.165) is 13.2 Å². The van der Waals surface area contributed by atoms with Crippen LogP contribution in [0.2, 0.25) is 11.6 Å². The molecule has 0 aliphatic rings. The van der Waals surface area contributed by atoms with Crippen molar-refractivity contribution in [2.24, 2.45) is 0 Å². The van der Waals surface area contributed by atoms with Crippen LogP contribution in [0.5, 0.6) is 0 Å². The number of nitrogens with one attached hydrogen (secondary N) is 1. The van der Waals surface area contributed by atoms with Crippen LogP contribution < -0.4 is 5.32 Å². The Kier molecular flexibility index (Phi) is 4.96. The summed E-state index contributed by atoms with van der Waals surface area (Å²) in [6, 6.07) is 0. The molecular weight excluding hydrogens is 154 g/mol. The molecule has 1 radical (unpaired) electrons. The zero-order valence-electron chi connectivity index (χ0n) is 8.32. The second kappa shape index (κ2) is 4.90. The molecule has 0 atom stereocenters. The molecule has 0 amide bonds. The molecule has 0 aromatic rings. The fraction of sp³-hybridized carbons (Fsp3) is 1.00. The van der Waals surface area contributed by atoms with Crippen LogP contribution in [-0.2, 0) is 4.43 Å². The fourth-order valence-corrected chi connectivity index (χ4v) is 1.36. The summed E-state index contributed by atoms with van der Waals surface area (Å²) in [6.07, 6.45) is 0. The van der Waals surface area contributed by atoms with Crippen molar-refractivity contribution in [3.8, 4) is 0 Å². The quantitative estimate of drug-likeness (QED) is 0.517. The third-order valence-corrected chi connectivity index (χ3v) is 4.48. The number of hydrogen-bond acceptors (Lipinski definition) is 2. The van der Waals surface area contributed by atoms with E-state index in [1.54, 1.807) is 0 Å². The fourth-order valence-electron chi connectivity index (χ4n) is 0.523. The molecule has 0 unspecified atom stereocenters. The van der Waals surface area contributed by atoms with Gasteiger partial charge in [-0.05, 0) is 18.6 Å². The Bertz CT molecular complexity index is 101. The van der Waals surface area contributed by atoms with Crippen LogP contribution in [0.3, 0.4) is 0 Å². The molecule has 2 nitrogen and oxygen atoms in total. The van der Waals surface area contributed by atoms with Gasteiger partial charge in [0.1, 0.15) is 0 Å². The third-order valence-electron chi connectivity index (χ3n) is 1.73. The summed E-state index contributed by atoms with van der Waals surface area (Å²) in [5, 5.41) is 3.43. The Morgan fingerprint density at radius 1 is 1.36 bits per heavy atom. The smallest absolute Gasteiger partial charge is 0.213 e. The summed E-state index contributed by atoms with van der Waals surface area (Å²) in [4.78, 5) is 0. The summed E-state index contributed by atoms with van der Waals surface area (Å²) in [6.45, 7) is 10.7. The van der Waals surface area contributed by atoms with Crippen LogP contribution in [0, 0.1) is 0 Å². The van der Waals surface area contributed by atoms with Gasteiger partial charge in [0.25, 0.3) is 0 Å². The van der Waals surface area contributed by atoms with Crippen molar-refractivity contribution >= 4 is 9.04 Å². The Morgan fingerprint density at radius 2 is 1.91 bits per heavy atom. The molecule has 1 N–H and O–H groups in total. The lowest BCUT2D eigenvalue weighted by Crippen LogP contribution is -2.28. The Hall–Kier alpha value is 0.137. The van der Waals surface area contributed by atoms with Crippen LogP contribution in [0.15, 0.2) is 0 Å². The van der Waals surface area contributed by atoms with Crippen molar-refractivity contribution < 1.29 is 4.43 Å². The molecule has 0 aliphatic heterocycles. The molecular formula is C8H20NOSi. The maximum absolute atomic E-state index is 5.69. The van der Waals surface area contributed by atoms with Crippen molar-refractivity contribution in [2.45, 2.75) is 32.4 Å². The number of likely N-dealkylation sites (N-methyl/N-ethyl adjacent to an activating group) is 1. The number of rotatable bonds is 4. The van der Waals surface area contributed by atoms with E-state index in [4.69, 9.17) is 4.43 Å². The highest BCUT2D eigenvalue weighted by molar-refractivity contribution is 6.53. The normalized spacial score (nSPS) is 12.5. The van der Waals surface area contributed by atoms with Gasteiger partial charge in [-0.3, -0.25) is 0 Å². The van der Waals surface area contributed by atoms with E-state index < -0.39 is 9.04 Å². The Balaban J connectivity index is 3.44. The topological polar surface area (TPSA) is 21.3 Å². The van der Waals surface area contributed by atoms with Gasteiger partial charge in [-0.25, -0.2) is 0 Å². The van der Waals surface area contributed by atoms with E-state index in [0.29, 0.717) is 5.04 Å². The van der Waals surface area contributed by atoms with Gasteiger partial charge in [0.2, 0.25) is 9.04 Å². The van der Waals surface area contributed by atoms with E-state index in [9.17, 15) is 0 Å². The predicted molar refractivity (Wildman–Crippen MR) is 51.2 cm³/mol. The maximum Gasteiger partial charge on any atom is 0.213 e. The molecule has 0 saturated heterocycles. The molecule has 0 saturated carbocycles. The van der Waals surface area contributed by atoms with E-state index in [2.05, 4.69) is 32.6 Å². The standard InChI is InChI=1S/C8H20NOSi/c1-8(2,3)11(5)10-7-6-9-4/h9H,6-7H2,1-5H3. The molecule has 0 spiro atoms. The Labute approximate surface area is 72.1 Å². The maximum atomic E-state index is 5.69. The molecule has 0 heterocycles. The lowest BCUT2D eigenvalue weighted by atomic mass is 10.3. The zero-order valence-corrected chi connectivity index (χ0v) is 9.32. The van der Waals surface area contributed by atoms with Gasteiger partial charge in [-0.2, -0.15) is 0 Å². The summed E-state index contributed by atoms with van der Waals surface area (Å²) in [5.41, 5.74) is 0. The van der Waals surface area contributed by atoms with Crippen LogP contribution in [0.1, 0.15) is 20.8 Å². The highest BCUT2D eigenvalue weighted by atomic mass is 28.3. The minimum absolute atomic E-state index is 0.360. The summed E-state index contributed by atoms with van der Waals surface area (Å²) >= 11 is 0. The lowest BCUT2D eigenvalue weighted by molar-refractivity contribution is 0.307. The van der Waals surface area contributed by atoms with Gasteiger partial charge in [0.05, 0.1) is 0 Å². The molecule has 11 heavy (non-hydrogen) atoms. The van der Waals surface area contributed by atoms with Crippen molar-refractivity contribution in [3.05, 3.63) is 0 Å². The van der Waals surface area contributed by atoms with Gasteiger partial charge in [0.15, 0.2) is 0 Å². The average molecular weight is 174 g/mol. The second-order valence-corrected chi connectivity index (χ2v) is 6.66. The van der Waals surface area contributed by atoms with Gasteiger partial charge in [-0.15, -0.1) is 0 Å². The highest BCUT2D eigenvalue weighted by Crippen LogP contribution is 2.26. The molecule has 0 aromatic heterocycles. The first-order chi connectivity index (χ1) is 4.98. The highest BCUT2D eigenvalue weighted by Gasteiger charge is 2.23. The molecule has 3 heteroatoms. The lowest BCUT2D eigenvalue weighted by Gasteiger charge is -2.24. The van der Waals surface area contributed by atoms with Crippen molar-refractivity contribution in [2.75, 3.05) is 20.2 Å². The van der Waals surface area contributed by atoms with E-state index in [1.165, 1.54) is 0 Å². The van der Waals surface area contributed by atoms with E-state index >= 15 is 0 Å². The average Bonchev–Trinajstić information content (AvgIpc) is 1.86. The van der Waals surface area contributed by atoms with Crippen molar-refractivity contribution in [1.82, 2.24) is 5.32 Å². The molecule has 0 fully saturated rings. The SMILES string of the molecule is CNCCO[Si](C)C(C)(C)C.